The Balaban J connectivity index is 1.64. The maximum atomic E-state index is 13.4. The molecule has 0 aliphatic heterocycles. The van der Waals surface area contributed by atoms with Gasteiger partial charge >= 0.3 is 0 Å². The molecule has 7 nitrogen and oxygen atoms in total. The summed E-state index contributed by atoms with van der Waals surface area (Å²) >= 11 is 7.36. The van der Waals surface area contributed by atoms with E-state index >= 15 is 0 Å². The van der Waals surface area contributed by atoms with Gasteiger partial charge in [0.15, 0.2) is 5.16 Å². The second-order valence-electron chi connectivity index (χ2n) is 7.22. The van der Waals surface area contributed by atoms with Crippen LogP contribution in [0.4, 0.5) is 0 Å². The van der Waals surface area contributed by atoms with Crippen molar-refractivity contribution in [2.75, 3.05) is 0 Å². The number of thioether (sulfide) groups is 1. The lowest BCUT2D eigenvalue weighted by Gasteiger charge is -2.14. The van der Waals surface area contributed by atoms with Gasteiger partial charge in [-0.15, -0.1) is 5.10 Å². The largest absolute Gasteiger partial charge is 0.278 e. The molecule has 0 aliphatic carbocycles. The van der Waals surface area contributed by atoms with Crippen molar-refractivity contribution in [1.82, 2.24) is 24.5 Å². The predicted molar refractivity (Wildman–Crippen MR) is 127 cm³/mol. The van der Waals surface area contributed by atoms with Gasteiger partial charge in [-0.05, 0) is 55.0 Å². The van der Waals surface area contributed by atoms with Gasteiger partial charge in [-0.1, -0.05) is 52.8 Å². The number of aromatic nitrogens is 5. The quantitative estimate of drug-likeness (QED) is 0.294. The molecule has 0 fully saturated rings. The van der Waals surface area contributed by atoms with E-state index in [1.807, 2.05) is 31.2 Å². The molecule has 3 aromatic carbocycles. The van der Waals surface area contributed by atoms with Crippen molar-refractivity contribution >= 4 is 45.2 Å². The first-order chi connectivity index (χ1) is 15.5. The zero-order chi connectivity index (χ0) is 22.2. The van der Waals surface area contributed by atoms with Crippen molar-refractivity contribution < 1.29 is 0 Å². The Bertz CT molecular complexity index is 1610. The summed E-state index contributed by atoms with van der Waals surface area (Å²) in [5.41, 5.74) is 2.27. The van der Waals surface area contributed by atoms with Crippen molar-refractivity contribution in [3.05, 3.63) is 98.0 Å². The summed E-state index contributed by atoms with van der Waals surface area (Å²) in [7, 11) is 0. The highest BCUT2D eigenvalue weighted by Crippen LogP contribution is 2.24. The lowest BCUT2D eigenvalue weighted by Crippen LogP contribution is -2.25. The molecule has 0 N–H and O–H groups in total. The number of hydrogen-bond donors (Lipinski definition) is 0. The number of hydrogen-bond acceptors (Lipinski definition) is 6. The Hall–Kier alpha value is -3.49. The molecule has 5 aromatic rings. The summed E-state index contributed by atoms with van der Waals surface area (Å²) in [6.45, 7) is 1.96. The first-order valence-electron chi connectivity index (χ1n) is 9.76. The van der Waals surface area contributed by atoms with Crippen molar-refractivity contribution in [2.24, 2.45) is 0 Å². The van der Waals surface area contributed by atoms with Crippen molar-refractivity contribution in [1.29, 1.82) is 0 Å². The Kier molecular flexibility index (Phi) is 5.24. The summed E-state index contributed by atoms with van der Waals surface area (Å²) in [5, 5.41) is 10.0. The number of aryl methyl sites for hydroxylation is 1. The molecule has 0 spiro atoms. The molecular weight excluding hydrogens is 446 g/mol. The van der Waals surface area contributed by atoms with E-state index in [1.54, 1.807) is 47.0 Å². The van der Waals surface area contributed by atoms with E-state index in [2.05, 4.69) is 15.3 Å². The zero-order valence-corrected chi connectivity index (χ0v) is 18.5. The highest BCUT2D eigenvalue weighted by atomic mass is 35.5. The number of nitrogens with zero attached hydrogens (tertiary/aromatic N) is 5. The van der Waals surface area contributed by atoms with Gasteiger partial charge < -0.3 is 0 Å². The van der Waals surface area contributed by atoms with Crippen LogP contribution in [0.2, 0.25) is 5.02 Å². The van der Waals surface area contributed by atoms with Gasteiger partial charge in [0, 0.05) is 5.02 Å². The molecule has 0 saturated carbocycles. The molecule has 0 atom stereocenters. The van der Waals surface area contributed by atoms with Crippen LogP contribution in [0.3, 0.4) is 0 Å². The van der Waals surface area contributed by atoms with Crippen LogP contribution in [0.1, 0.15) is 5.56 Å². The summed E-state index contributed by atoms with van der Waals surface area (Å²) in [4.78, 5) is 30.9. The first-order valence-corrected chi connectivity index (χ1v) is 11.1. The average molecular weight is 462 g/mol. The van der Waals surface area contributed by atoms with Gasteiger partial charge in [0.2, 0.25) is 0 Å². The minimum atomic E-state index is -0.253. The van der Waals surface area contributed by atoms with Crippen LogP contribution >= 0.6 is 23.4 Å². The molecule has 2 aromatic heterocycles. The molecule has 9 heteroatoms. The Morgan fingerprint density at radius 2 is 1.72 bits per heavy atom. The van der Waals surface area contributed by atoms with Gasteiger partial charge in [-0.25, -0.2) is 4.98 Å². The van der Waals surface area contributed by atoms with Gasteiger partial charge in [-0.3, -0.25) is 14.2 Å². The fourth-order valence-corrected chi connectivity index (χ4v) is 4.51. The number of fused-ring (bicyclic) bond motifs is 2. The van der Waals surface area contributed by atoms with E-state index in [0.29, 0.717) is 37.7 Å². The van der Waals surface area contributed by atoms with E-state index in [-0.39, 0.29) is 17.0 Å². The lowest BCUT2D eigenvalue weighted by atomic mass is 10.2. The van der Waals surface area contributed by atoms with Crippen molar-refractivity contribution in [2.45, 2.75) is 18.0 Å². The number of benzene rings is 3. The normalized spacial score (nSPS) is 11.3. The SMILES string of the molecule is Cc1cccc(-n2c(SCn3nnc4ccccc4c3=O)nc3cc(Cl)ccc3c2=O)c1. The molecular formula is C23H16ClN5O2S. The van der Waals surface area contributed by atoms with Crippen LogP contribution in [-0.2, 0) is 5.88 Å². The molecule has 2 heterocycles. The van der Waals surface area contributed by atoms with Crippen LogP contribution in [0.15, 0.2) is 81.5 Å². The minimum absolute atomic E-state index is 0.140. The maximum absolute atomic E-state index is 13.4. The number of rotatable bonds is 4. The van der Waals surface area contributed by atoms with Gasteiger partial charge in [0.25, 0.3) is 11.1 Å². The van der Waals surface area contributed by atoms with Gasteiger partial charge in [-0.2, -0.15) is 4.68 Å². The standard InChI is InChI=1S/C23H16ClN5O2S/c1-14-5-4-6-16(11-14)29-22(31)18-10-9-15(24)12-20(18)25-23(29)32-13-28-21(30)17-7-2-3-8-19(17)26-27-28/h2-12H,13H2,1H3. The highest BCUT2D eigenvalue weighted by molar-refractivity contribution is 7.98. The van der Waals surface area contributed by atoms with Crippen LogP contribution in [0.5, 0.6) is 0 Å². The van der Waals surface area contributed by atoms with Crippen LogP contribution < -0.4 is 11.1 Å². The molecule has 5 rings (SSSR count). The fourth-order valence-electron chi connectivity index (χ4n) is 3.46. The van der Waals surface area contributed by atoms with Crippen LogP contribution in [0, 0.1) is 6.92 Å². The Morgan fingerprint density at radius 1 is 0.906 bits per heavy atom. The van der Waals surface area contributed by atoms with E-state index < -0.39 is 0 Å². The van der Waals surface area contributed by atoms with Gasteiger partial charge in [0.1, 0.15) is 5.52 Å². The molecule has 32 heavy (non-hydrogen) atoms. The molecule has 0 radical (unpaired) electrons. The molecule has 0 aliphatic rings. The molecule has 0 unspecified atom stereocenters. The number of halogens is 1. The topological polar surface area (TPSA) is 82.7 Å². The maximum Gasteiger partial charge on any atom is 0.278 e. The van der Waals surface area contributed by atoms with E-state index in [1.165, 1.54) is 16.4 Å². The summed E-state index contributed by atoms with van der Waals surface area (Å²) in [6.07, 6.45) is 0. The van der Waals surface area contributed by atoms with Crippen molar-refractivity contribution in [3.8, 4) is 5.69 Å². The molecule has 0 saturated heterocycles. The summed E-state index contributed by atoms with van der Waals surface area (Å²) in [6, 6.07) is 19.7. The lowest BCUT2D eigenvalue weighted by molar-refractivity contribution is 0.642. The van der Waals surface area contributed by atoms with E-state index in [0.717, 1.165) is 5.56 Å². The minimum Gasteiger partial charge on any atom is -0.268 e. The zero-order valence-electron chi connectivity index (χ0n) is 16.9. The predicted octanol–water partition coefficient (Wildman–Crippen LogP) is 4.20. The van der Waals surface area contributed by atoms with E-state index in [9.17, 15) is 9.59 Å². The highest BCUT2D eigenvalue weighted by Gasteiger charge is 2.15. The fraction of sp³-hybridized carbons (Fsp3) is 0.0870. The third-order valence-electron chi connectivity index (χ3n) is 5.01. The second-order valence-corrected chi connectivity index (χ2v) is 8.57. The summed E-state index contributed by atoms with van der Waals surface area (Å²) in [5.74, 6) is 0.140. The third-order valence-corrected chi connectivity index (χ3v) is 6.15. The van der Waals surface area contributed by atoms with Crippen LogP contribution in [0.25, 0.3) is 27.5 Å². The first kappa shape index (κ1) is 20.4. The van der Waals surface area contributed by atoms with Crippen LogP contribution in [-0.4, -0.2) is 24.5 Å². The second kappa shape index (κ2) is 8.22. The average Bonchev–Trinajstić information content (AvgIpc) is 2.78. The van der Waals surface area contributed by atoms with E-state index in [4.69, 9.17) is 11.6 Å². The summed E-state index contributed by atoms with van der Waals surface area (Å²) < 4.78 is 2.81. The van der Waals surface area contributed by atoms with Gasteiger partial charge in [0.05, 0.1) is 27.9 Å². The Labute approximate surface area is 191 Å². The molecule has 158 valence electrons. The molecule has 0 amide bonds. The van der Waals surface area contributed by atoms with Crippen molar-refractivity contribution in [3.63, 3.8) is 0 Å². The third kappa shape index (κ3) is 3.68. The Morgan fingerprint density at radius 3 is 2.56 bits per heavy atom. The smallest absolute Gasteiger partial charge is 0.268 e. The molecule has 0 bridgehead atoms. The monoisotopic (exact) mass is 461 g/mol.